The summed E-state index contributed by atoms with van der Waals surface area (Å²) in [7, 11) is -3.58. The van der Waals surface area contributed by atoms with E-state index in [0.717, 1.165) is 19.1 Å². The van der Waals surface area contributed by atoms with Crippen LogP contribution in [0.3, 0.4) is 0 Å². The van der Waals surface area contributed by atoms with Crippen molar-refractivity contribution in [3.05, 3.63) is 70.2 Å². The highest BCUT2D eigenvalue weighted by Gasteiger charge is 2.48. The molecule has 194 valence electrons. The van der Waals surface area contributed by atoms with Gasteiger partial charge in [-0.15, -0.1) is 0 Å². The number of pyridine rings is 1. The smallest absolute Gasteiger partial charge is 0.256 e. The van der Waals surface area contributed by atoms with Gasteiger partial charge < -0.3 is 25.7 Å². The predicted molar refractivity (Wildman–Crippen MR) is 128 cm³/mol. The molecule has 4 N–H and O–H groups in total. The Labute approximate surface area is 209 Å². The number of carbonyl (C=O) groups excluding carboxylic acids is 2. The zero-order chi connectivity index (χ0) is 26.0. The SMILES string of the molecule is CS(=O)(=O)NC1CCCCC1N1C(=O)c2ccccc2C(C(N)=O)C1OCc1cccc(CO)[n+]1[O-]. The van der Waals surface area contributed by atoms with Gasteiger partial charge in [0.1, 0.15) is 25.4 Å². The maximum absolute atomic E-state index is 13.8. The number of ether oxygens (including phenoxy) is 1. The van der Waals surface area contributed by atoms with Crippen molar-refractivity contribution >= 4 is 21.8 Å². The van der Waals surface area contributed by atoms with Gasteiger partial charge in [-0.25, -0.2) is 13.1 Å². The number of primary amides is 1. The molecule has 0 radical (unpaired) electrons. The Bertz CT molecular complexity index is 1250. The van der Waals surface area contributed by atoms with Crippen LogP contribution in [0.2, 0.25) is 0 Å². The molecule has 2 aromatic rings. The molecule has 11 nitrogen and oxygen atoms in total. The van der Waals surface area contributed by atoms with E-state index in [0.29, 0.717) is 28.7 Å². The first kappa shape index (κ1) is 26.0. The molecular formula is C24H30N4O7S. The number of nitrogens with two attached hydrogens (primary N) is 1. The van der Waals surface area contributed by atoms with Gasteiger partial charge in [-0.3, -0.25) is 9.59 Å². The number of hydrogen-bond acceptors (Lipinski definition) is 7. The fourth-order valence-electron chi connectivity index (χ4n) is 5.18. The molecule has 1 fully saturated rings. The summed E-state index contributed by atoms with van der Waals surface area (Å²) in [5.74, 6) is -2.16. The minimum absolute atomic E-state index is 0.120. The van der Waals surface area contributed by atoms with Gasteiger partial charge in [-0.2, -0.15) is 4.73 Å². The van der Waals surface area contributed by atoms with Crippen molar-refractivity contribution < 1.29 is 32.6 Å². The van der Waals surface area contributed by atoms with E-state index in [1.807, 2.05) is 0 Å². The standard InChI is InChI=1S/C24H30N4O7S/c1-36(33,34)26-19-11-4-5-12-20(19)27-23(31)18-10-3-2-9-17(18)21(22(25)30)24(27)35-14-16-8-6-7-15(13-29)28(16)32/h2-3,6-10,19-21,24,26,29H,4-5,11-14H2,1H3,(H2,25,30). The van der Waals surface area contributed by atoms with E-state index in [9.17, 15) is 28.3 Å². The van der Waals surface area contributed by atoms with Gasteiger partial charge >= 0.3 is 0 Å². The summed E-state index contributed by atoms with van der Waals surface area (Å²) in [6.07, 6.45) is 2.43. The number of benzene rings is 1. The molecule has 1 saturated carbocycles. The lowest BCUT2D eigenvalue weighted by atomic mass is 9.82. The van der Waals surface area contributed by atoms with Crippen LogP contribution in [0.5, 0.6) is 0 Å². The van der Waals surface area contributed by atoms with Crippen LogP contribution in [0.4, 0.5) is 0 Å². The second-order valence-electron chi connectivity index (χ2n) is 9.19. The molecule has 12 heteroatoms. The maximum atomic E-state index is 13.8. The number of nitrogens with zero attached hydrogens (tertiary/aromatic N) is 2. The molecule has 1 aliphatic heterocycles. The zero-order valence-corrected chi connectivity index (χ0v) is 20.7. The number of sulfonamides is 1. The second-order valence-corrected chi connectivity index (χ2v) is 11.0. The lowest BCUT2D eigenvalue weighted by Gasteiger charge is -2.48. The van der Waals surface area contributed by atoms with Crippen LogP contribution >= 0.6 is 0 Å². The number of aliphatic hydroxyl groups is 1. The number of aromatic nitrogens is 1. The Balaban J connectivity index is 1.77. The summed E-state index contributed by atoms with van der Waals surface area (Å²) >= 11 is 0. The van der Waals surface area contributed by atoms with E-state index in [1.165, 1.54) is 17.0 Å². The molecule has 4 rings (SSSR count). The number of aliphatic hydroxyl groups excluding tert-OH is 1. The van der Waals surface area contributed by atoms with E-state index < -0.39 is 52.7 Å². The average Bonchev–Trinajstić information content (AvgIpc) is 2.83. The maximum Gasteiger partial charge on any atom is 0.256 e. The van der Waals surface area contributed by atoms with E-state index >= 15 is 0 Å². The first-order valence-electron chi connectivity index (χ1n) is 11.7. The minimum atomic E-state index is -3.58. The Morgan fingerprint density at radius 1 is 1.19 bits per heavy atom. The van der Waals surface area contributed by atoms with E-state index in [4.69, 9.17) is 10.5 Å². The first-order valence-corrected chi connectivity index (χ1v) is 13.6. The van der Waals surface area contributed by atoms with Gasteiger partial charge in [0, 0.05) is 23.7 Å². The molecule has 2 amide bonds. The van der Waals surface area contributed by atoms with E-state index in [2.05, 4.69) is 4.72 Å². The van der Waals surface area contributed by atoms with Crippen LogP contribution in [-0.4, -0.2) is 54.8 Å². The molecular weight excluding hydrogens is 488 g/mol. The summed E-state index contributed by atoms with van der Waals surface area (Å²) in [5.41, 5.74) is 6.83. The summed E-state index contributed by atoms with van der Waals surface area (Å²) in [6, 6.07) is 10.0. The lowest BCUT2D eigenvalue weighted by molar-refractivity contribution is -0.627. The second kappa shape index (κ2) is 10.5. The lowest BCUT2D eigenvalue weighted by Crippen LogP contribution is -2.62. The molecule has 0 bridgehead atoms. The summed E-state index contributed by atoms with van der Waals surface area (Å²) in [6.45, 7) is -0.738. The molecule has 1 aromatic heterocycles. The molecule has 2 aliphatic rings. The third kappa shape index (κ3) is 5.21. The number of fused-ring (bicyclic) bond motifs is 1. The van der Waals surface area contributed by atoms with Crippen molar-refractivity contribution in [2.45, 2.75) is 63.1 Å². The van der Waals surface area contributed by atoms with Gasteiger partial charge in [0.05, 0.1) is 12.3 Å². The topological polar surface area (TPSA) is 166 Å². The van der Waals surface area contributed by atoms with Crippen molar-refractivity contribution in [2.24, 2.45) is 5.73 Å². The Morgan fingerprint density at radius 2 is 1.89 bits per heavy atom. The van der Waals surface area contributed by atoms with Gasteiger partial charge in [-0.05, 0) is 30.5 Å². The normalized spacial score (nSPS) is 24.4. The third-order valence-corrected chi connectivity index (χ3v) is 7.47. The van der Waals surface area contributed by atoms with Crippen molar-refractivity contribution in [3.63, 3.8) is 0 Å². The van der Waals surface area contributed by atoms with Crippen molar-refractivity contribution in [2.75, 3.05) is 6.26 Å². The van der Waals surface area contributed by atoms with E-state index in [-0.39, 0.29) is 18.0 Å². The Morgan fingerprint density at radius 3 is 2.58 bits per heavy atom. The quantitative estimate of drug-likeness (QED) is 0.332. The summed E-state index contributed by atoms with van der Waals surface area (Å²) in [4.78, 5) is 28.0. The van der Waals surface area contributed by atoms with Crippen LogP contribution in [-0.2, 0) is 32.8 Å². The third-order valence-electron chi connectivity index (χ3n) is 6.74. The van der Waals surface area contributed by atoms with Crippen molar-refractivity contribution in [1.29, 1.82) is 0 Å². The highest BCUT2D eigenvalue weighted by atomic mass is 32.2. The van der Waals surface area contributed by atoms with Crippen molar-refractivity contribution in [1.82, 2.24) is 9.62 Å². The van der Waals surface area contributed by atoms with Crippen LogP contribution in [0.1, 0.15) is 58.9 Å². The fraction of sp³-hybridized carbons (Fsp3) is 0.458. The molecule has 2 heterocycles. The van der Waals surface area contributed by atoms with Crippen LogP contribution in [0, 0.1) is 5.21 Å². The molecule has 4 unspecified atom stereocenters. The van der Waals surface area contributed by atoms with Gasteiger partial charge in [0.15, 0.2) is 0 Å². The summed E-state index contributed by atoms with van der Waals surface area (Å²) < 4.78 is 33.5. The highest BCUT2D eigenvalue weighted by molar-refractivity contribution is 7.88. The first-order chi connectivity index (χ1) is 17.1. The largest absolute Gasteiger partial charge is 0.618 e. The Kier molecular flexibility index (Phi) is 7.59. The fourth-order valence-corrected chi connectivity index (χ4v) is 6.01. The predicted octanol–water partition coefficient (Wildman–Crippen LogP) is 0.240. The number of amides is 2. The van der Waals surface area contributed by atoms with Gasteiger partial charge in [0.2, 0.25) is 27.3 Å². The highest BCUT2D eigenvalue weighted by Crippen LogP contribution is 2.38. The van der Waals surface area contributed by atoms with Gasteiger partial charge in [0.25, 0.3) is 5.91 Å². The number of hydrogen-bond donors (Lipinski definition) is 3. The number of nitrogens with one attached hydrogen (secondary N) is 1. The zero-order valence-electron chi connectivity index (χ0n) is 19.9. The number of carbonyl (C=O) groups is 2. The molecule has 36 heavy (non-hydrogen) atoms. The Hall–Kier alpha value is -3.06. The number of rotatable bonds is 8. The monoisotopic (exact) mass is 518 g/mol. The molecule has 1 aromatic carbocycles. The van der Waals surface area contributed by atoms with Crippen LogP contribution < -0.4 is 15.2 Å². The van der Waals surface area contributed by atoms with Crippen LogP contribution in [0.25, 0.3) is 0 Å². The van der Waals surface area contributed by atoms with Gasteiger partial charge in [-0.1, -0.05) is 31.0 Å². The molecule has 0 spiro atoms. The molecule has 0 saturated heterocycles. The molecule has 4 atom stereocenters. The van der Waals surface area contributed by atoms with Crippen LogP contribution in [0.15, 0.2) is 42.5 Å². The minimum Gasteiger partial charge on any atom is -0.618 e. The average molecular weight is 519 g/mol. The van der Waals surface area contributed by atoms with E-state index in [1.54, 1.807) is 30.3 Å². The summed E-state index contributed by atoms with van der Waals surface area (Å²) in [5, 5.41) is 22.0. The van der Waals surface area contributed by atoms with Crippen molar-refractivity contribution in [3.8, 4) is 0 Å². The molecule has 1 aliphatic carbocycles.